The summed E-state index contributed by atoms with van der Waals surface area (Å²) in [5.74, 6) is -0.479. The molecule has 6 nitrogen and oxygen atoms in total. The summed E-state index contributed by atoms with van der Waals surface area (Å²) in [6.07, 6.45) is 2.24. The molecule has 168 valence electrons. The van der Waals surface area contributed by atoms with Crippen LogP contribution in [0.3, 0.4) is 0 Å². The lowest BCUT2D eigenvalue weighted by Crippen LogP contribution is -2.40. The van der Waals surface area contributed by atoms with Gasteiger partial charge in [-0.25, -0.2) is 4.79 Å². The molecule has 32 heavy (non-hydrogen) atoms. The normalized spacial score (nSPS) is 23.2. The van der Waals surface area contributed by atoms with E-state index >= 15 is 0 Å². The highest BCUT2D eigenvalue weighted by Gasteiger charge is 2.43. The number of rotatable bonds is 4. The number of imide groups is 1. The van der Waals surface area contributed by atoms with E-state index in [2.05, 4.69) is 55.8 Å². The van der Waals surface area contributed by atoms with E-state index in [9.17, 15) is 14.4 Å². The van der Waals surface area contributed by atoms with E-state index in [1.807, 2.05) is 18.2 Å². The van der Waals surface area contributed by atoms with Crippen molar-refractivity contribution < 1.29 is 14.4 Å². The van der Waals surface area contributed by atoms with Crippen LogP contribution in [0.1, 0.15) is 80.1 Å². The first-order valence-corrected chi connectivity index (χ1v) is 11.1. The highest BCUT2D eigenvalue weighted by Crippen LogP contribution is 2.45. The van der Waals surface area contributed by atoms with Crippen LogP contribution in [0, 0.1) is 0 Å². The Bertz CT molecular complexity index is 1100. The third kappa shape index (κ3) is 3.78. The second-order valence-corrected chi connectivity index (χ2v) is 10.4. The molecule has 2 aromatic carbocycles. The molecule has 2 aliphatic rings. The van der Waals surface area contributed by atoms with Crippen LogP contribution in [0.25, 0.3) is 0 Å². The van der Waals surface area contributed by atoms with Crippen molar-refractivity contribution in [2.24, 2.45) is 0 Å². The molecule has 4 rings (SSSR count). The lowest BCUT2D eigenvalue weighted by atomic mass is 9.63. The number of urea groups is 1. The van der Waals surface area contributed by atoms with E-state index < -0.39 is 11.6 Å². The van der Waals surface area contributed by atoms with Crippen LogP contribution in [-0.2, 0) is 27.7 Å². The molecule has 1 aliphatic carbocycles. The second kappa shape index (κ2) is 7.47. The van der Waals surface area contributed by atoms with E-state index in [1.54, 1.807) is 19.1 Å². The summed E-state index contributed by atoms with van der Waals surface area (Å²) in [5.41, 5.74) is 3.95. The van der Waals surface area contributed by atoms with Crippen molar-refractivity contribution in [3.05, 3.63) is 70.3 Å². The summed E-state index contributed by atoms with van der Waals surface area (Å²) in [6.45, 7) is 11.1. The summed E-state index contributed by atoms with van der Waals surface area (Å²) >= 11 is 0. The predicted molar refractivity (Wildman–Crippen MR) is 123 cm³/mol. The first kappa shape index (κ1) is 22.1. The summed E-state index contributed by atoms with van der Waals surface area (Å²) in [5, 5.41) is 7.92. The average molecular weight is 434 g/mol. The smallest absolute Gasteiger partial charge is 0.322 e. The van der Waals surface area contributed by atoms with Crippen molar-refractivity contribution in [1.82, 2.24) is 16.0 Å². The Labute approximate surface area is 189 Å². The minimum absolute atomic E-state index is 0.0506. The van der Waals surface area contributed by atoms with Crippen molar-refractivity contribution in [1.29, 1.82) is 0 Å². The van der Waals surface area contributed by atoms with Gasteiger partial charge in [0.25, 0.3) is 11.8 Å². The molecule has 0 spiro atoms. The number of amides is 4. The van der Waals surface area contributed by atoms with E-state index in [1.165, 1.54) is 11.1 Å². The zero-order chi connectivity index (χ0) is 23.3. The van der Waals surface area contributed by atoms with Crippen LogP contribution in [0.5, 0.6) is 0 Å². The van der Waals surface area contributed by atoms with Gasteiger partial charge in [0.05, 0.1) is 0 Å². The zero-order valence-corrected chi connectivity index (χ0v) is 19.4. The van der Waals surface area contributed by atoms with Gasteiger partial charge in [-0.3, -0.25) is 14.9 Å². The molecule has 1 fully saturated rings. The number of carbonyl (C=O) groups is 3. The molecular formula is C26H31N3O3. The molecule has 1 atom stereocenters. The lowest BCUT2D eigenvalue weighted by Gasteiger charge is -2.42. The summed E-state index contributed by atoms with van der Waals surface area (Å²) < 4.78 is 0. The van der Waals surface area contributed by atoms with Gasteiger partial charge in [0.1, 0.15) is 5.54 Å². The van der Waals surface area contributed by atoms with Gasteiger partial charge >= 0.3 is 6.03 Å². The van der Waals surface area contributed by atoms with Gasteiger partial charge in [0.15, 0.2) is 0 Å². The fourth-order valence-corrected chi connectivity index (χ4v) is 4.72. The number of carbonyl (C=O) groups excluding carboxylic acids is 3. The monoisotopic (exact) mass is 433 g/mol. The molecule has 0 aromatic heterocycles. The number of hydrogen-bond donors (Lipinski definition) is 3. The van der Waals surface area contributed by atoms with Gasteiger partial charge in [-0.2, -0.15) is 0 Å². The fraction of sp³-hybridized carbons (Fsp3) is 0.423. The molecule has 3 N–H and O–H groups in total. The third-order valence-electron chi connectivity index (χ3n) is 7.14. The zero-order valence-electron chi connectivity index (χ0n) is 19.4. The van der Waals surface area contributed by atoms with Crippen LogP contribution in [0.15, 0.2) is 42.5 Å². The highest BCUT2D eigenvalue weighted by molar-refractivity contribution is 6.07. The highest BCUT2D eigenvalue weighted by atomic mass is 16.2. The summed E-state index contributed by atoms with van der Waals surface area (Å²) in [6, 6.07) is 12.9. The van der Waals surface area contributed by atoms with Crippen molar-refractivity contribution >= 4 is 17.8 Å². The maximum atomic E-state index is 12.9. The molecule has 2 aromatic rings. The van der Waals surface area contributed by atoms with Gasteiger partial charge in [0.2, 0.25) is 0 Å². The number of hydrogen-bond acceptors (Lipinski definition) is 3. The Morgan fingerprint density at radius 2 is 1.53 bits per heavy atom. The maximum Gasteiger partial charge on any atom is 0.322 e. The third-order valence-corrected chi connectivity index (χ3v) is 7.14. The molecule has 0 radical (unpaired) electrons. The Kier molecular flexibility index (Phi) is 5.15. The van der Waals surface area contributed by atoms with Gasteiger partial charge in [-0.05, 0) is 65.0 Å². The van der Waals surface area contributed by atoms with E-state index in [-0.39, 0.29) is 22.6 Å². The van der Waals surface area contributed by atoms with E-state index in [4.69, 9.17) is 0 Å². The van der Waals surface area contributed by atoms with Crippen LogP contribution in [0.4, 0.5) is 4.79 Å². The Morgan fingerprint density at radius 1 is 0.906 bits per heavy atom. The molecule has 1 saturated heterocycles. The van der Waals surface area contributed by atoms with Crippen LogP contribution in [-0.4, -0.2) is 17.8 Å². The Morgan fingerprint density at radius 3 is 2.12 bits per heavy atom. The van der Waals surface area contributed by atoms with Crippen molar-refractivity contribution in [2.75, 3.05) is 0 Å². The number of fused-ring (bicyclic) bond motifs is 1. The minimum atomic E-state index is -1.08. The van der Waals surface area contributed by atoms with E-state index in [0.717, 1.165) is 18.4 Å². The largest absolute Gasteiger partial charge is 0.348 e. The molecule has 0 bridgehead atoms. The quantitative estimate of drug-likeness (QED) is 0.637. The summed E-state index contributed by atoms with van der Waals surface area (Å²) in [4.78, 5) is 36.5. The van der Waals surface area contributed by atoms with Gasteiger partial charge in [0, 0.05) is 12.1 Å². The molecule has 1 aliphatic heterocycles. The molecule has 1 unspecified atom stereocenters. The minimum Gasteiger partial charge on any atom is -0.348 e. The number of benzene rings is 2. The SMILES string of the molecule is CC1(C)CCC(C)(C)c2cc(C(=O)NCc3ccc(C4(C)NC(=O)NC4=O)cc3)ccc21. The van der Waals surface area contributed by atoms with Crippen molar-refractivity contribution in [3.8, 4) is 0 Å². The van der Waals surface area contributed by atoms with Crippen LogP contribution >= 0.6 is 0 Å². The first-order valence-electron chi connectivity index (χ1n) is 11.1. The second-order valence-electron chi connectivity index (χ2n) is 10.4. The van der Waals surface area contributed by atoms with Gasteiger partial charge in [-0.1, -0.05) is 58.0 Å². The van der Waals surface area contributed by atoms with Gasteiger partial charge < -0.3 is 10.6 Å². The van der Waals surface area contributed by atoms with Crippen LogP contribution < -0.4 is 16.0 Å². The van der Waals surface area contributed by atoms with Crippen LogP contribution in [0.2, 0.25) is 0 Å². The Balaban J connectivity index is 1.47. The standard InChI is InChI=1S/C26H31N3O3/c1-24(2)12-13-25(3,4)20-14-17(8-11-19(20)24)21(30)27-15-16-6-9-18(10-7-16)26(5)22(31)28-23(32)29-26/h6-11,14H,12-13,15H2,1-5H3,(H,27,30)(H2,28,29,31,32). The molecule has 6 heteroatoms. The topological polar surface area (TPSA) is 87.3 Å². The Hall–Kier alpha value is -3.15. The van der Waals surface area contributed by atoms with Gasteiger partial charge in [-0.15, -0.1) is 0 Å². The average Bonchev–Trinajstić information content (AvgIpc) is 3.02. The maximum absolute atomic E-state index is 12.9. The lowest BCUT2D eigenvalue weighted by molar-refractivity contribution is -0.123. The molecule has 4 amide bonds. The first-order chi connectivity index (χ1) is 14.9. The summed E-state index contributed by atoms with van der Waals surface area (Å²) in [7, 11) is 0. The molecule has 0 saturated carbocycles. The fourth-order valence-electron chi connectivity index (χ4n) is 4.72. The predicted octanol–water partition coefficient (Wildman–Crippen LogP) is 4.02. The van der Waals surface area contributed by atoms with Crippen molar-refractivity contribution in [3.63, 3.8) is 0 Å². The molecule has 1 heterocycles. The number of nitrogens with one attached hydrogen (secondary N) is 3. The van der Waals surface area contributed by atoms with Crippen molar-refractivity contribution in [2.45, 2.75) is 70.4 Å². The van der Waals surface area contributed by atoms with E-state index in [0.29, 0.717) is 17.7 Å². The molecular weight excluding hydrogens is 402 g/mol.